The van der Waals surface area contributed by atoms with E-state index in [-0.39, 0.29) is 18.0 Å². The maximum Gasteiger partial charge on any atom is 0.168 e. The maximum absolute atomic E-state index is 14.2. The van der Waals surface area contributed by atoms with Crippen molar-refractivity contribution in [2.45, 2.75) is 46.3 Å². The number of carbonyl (C=O) groups excluding carboxylic acids is 1. The van der Waals surface area contributed by atoms with Gasteiger partial charge in [0.25, 0.3) is 0 Å². The van der Waals surface area contributed by atoms with Gasteiger partial charge in [-0.3, -0.25) is 4.79 Å². The molecule has 0 aromatic heterocycles. The average Bonchev–Trinajstić information content (AvgIpc) is 2.54. The molecule has 0 unspecified atom stereocenters. The molecular weight excluding hydrogens is 299 g/mol. The highest BCUT2D eigenvalue weighted by Crippen LogP contribution is 2.26. The molecule has 1 aromatic carbocycles. The summed E-state index contributed by atoms with van der Waals surface area (Å²) in [6.45, 7) is 7.11. The van der Waals surface area contributed by atoms with Crippen LogP contribution in [0.4, 0.5) is 4.39 Å². The predicted molar refractivity (Wildman–Crippen MR) is 85.3 cm³/mol. The van der Waals surface area contributed by atoms with Gasteiger partial charge < -0.3 is 14.2 Å². The zero-order valence-electron chi connectivity index (χ0n) is 14.1. The third kappa shape index (κ3) is 4.52. The lowest BCUT2D eigenvalue weighted by Crippen LogP contribution is -2.33. The summed E-state index contributed by atoms with van der Waals surface area (Å²) in [5.74, 6) is -0.0836. The van der Waals surface area contributed by atoms with Gasteiger partial charge in [0.2, 0.25) is 0 Å². The van der Waals surface area contributed by atoms with E-state index < -0.39 is 12.1 Å². The van der Waals surface area contributed by atoms with E-state index in [1.165, 1.54) is 6.07 Å². The summed E-state index contributed by atoms with van der Waals surface area (Å²) < 4.78 is 30.6. The summed E-state index contributed by atoms with van der Waals surface area (Å²) in [6, 6.07) is 3.10. The van der Waals surface area contributed by atoms with E-state index in [2.05, 4.69) is 6.92 Å². The van der Waals surface area contributed by atoms with Crippen LogP contribution >= 0.6 is 0 Å². The van der Waals surface area contributed by atoms with Gasteiger partial charge in [-0.05, 0) is 38.0 Å². The quantitative estimate of drug-likeness (QED) is 0.714. The van der Waals surface area contributed by atoms with Crippen LogP contribution in [0, 0.1) is 18.7 Å². The number of benzene rings is 1. The van der Waals surface area contributed by atoms with Gasteiger partial charge in [-0.25, -0.2) is 4.39 Å². The number of rotatable bonds is 7. The highest BCUT2D eigenvalue weighted by atomic mass is 19.1. The summed E-state index contributed by atoms with van der Waals surface area (Å²) in [7, 11) is 0. The van der Waals surface area contributed by atoms with Gasteiger partial charge >= 0.3 is 0 Å². The molecule has 1 heterocycles. The number of hydrogen-bond acceptors (Lipinski definition) is 4. The Morgan fingerprint density at radius 3 is 2.61 bits per heavy atom. The van der Waals surface area contributed by atoms with E-state index >= 15 is 0 Å². The van der Waals surface area contributed by atoms with Crippen molar-refractivity contribution in [3.05, 3.63) is 29.1 Å². The summed E-state index contributed by atoms with van der Waals surface area (Å²) in [5.41, 5.74) is 0.662. The van der Waals surface area contributed by atoms with Crippen LogP contribution in [0.25, 0.3) is 0 Å². The van der Waals surface area contributed by atoms with Gasteiger partial charge in [0.05, 0.1) is 26.2 Å². The summed E-state index contributed by atoms with van der Waals surface area (Å²) in [6.07, 6.45) is 1.72. The first-order valence-electron chi connectivity index (χ1n) is 8.25. The fourth-order valence-electron chi connectivity index (χ4n) is 2.77. The van der Waals surface area contributed by atoms with Crippen molar-refractivity contribution in [2.75, 3.05) is 19.8 Å². The van der Waals surface area contributed by atoms with Crippen LogP contribution in [-0.4, -0.2) is 31.9 Å². The minimum absolute atomic E-state index is 0.104. The molecule has 1 aliphatic rings. The largest absolute Gasteiger partial charge is 0.491 e. The van der Waals surface area contributed by atoms with Crippen molar-refractivity contribution in [3.63, 3.8) is 0 Å². The van der Waals surface area contributed by atoms with E-state index in [1.54, 1.807) is 19.9 Å². The zero-order chi connectivity index (χ0) is 16.8. The molecule has 0 spiro atoms. The Kier molecular flexibility index (Phi) is 6.54. The van der Waals surface area contributed by atoms with Gasteiger partial charge in [0.15, 0.2) is 23.6 Å². The van der Waals surface area contributed by atoms with Crippen molar-refractivity contribution in [1.82, 2.24) is 0 Å². The minimum atomic E-state index is -0.537. The molecule has 5 heteroatoms. The van der Waals surface area contributed by atoms with Crippen molar-refractivity contribution in [3.8, 4) is 5.75 Å². The van der Waals surface area contributed by atoms with E-state index in [0.29, 0.717) is 36.9 Å². The topological polar surface area (TPSA) is 44.8 Å². The van der Waals surface area contributed by atoms with Crippen molar-refractivity contribution < 1.29 is 23.4 Å². The third-order valence-electron chi connectivity index (χ3n) is 4.04. The molecule has 1 fully saturated rings. The van der Waals surface area contributed by atoms with Gasteiger partial charge in [-0.2, -0.15) is 0 Å². The Balaban J connectivity index is 1.98. The maximum atomic E-state index is 14.2. The van der Waals surface area contributed by atoms with Gasteiger partial charge in [-0.15, -0.1) is 0 Å². The van der Waals surface area contributed by atoms with Crippen molar-refractivity contribution >= 4 is 5.78 Å². The van der Waals surface area contributed by atoms with Crippen LogP contribution < -0.4 is 4.74 Å². The number of ether oxygens (including phenoxy) is 3. The Hall–Kier alpha value is -1.46. The molecule has 23 heavy (non-hydrogen) atoms. The second kappa shape index (κ2) is 8.41. The zero-order valence-corrected chi connectivity index (χ0v) is 14.1. The molecule has 128 valence electrons. The molecule has 1 saturated heterocycles. The fourth-order valence-corrected chi connectivity index (χ4v) is 2.77. The molecule has 0 atom stereocenters. The van der Waals surface area contributed by atoms with E-state index in [1.807, 2.05) is 0 Å². The van der Waals surface area contributed by atoms with E-state index in [4.69, 9.17) is 14.2 Å². The van der Waals surface area contributed by atoms with Crippen LogP contribution in [0.3, 0.4) is 0 Å². The van der Waals surface area contributed by atoms with Gasteiger partial charge in [0, 0.05) is 11.5 Å². The highest BCUT2D eigenvalue weighted by Gasteiger charge is 2.25. The Labute approximate surface area is 136 Å². The summed E-state index contributed by atoms with van der Waals surface area (Å²) in [5, 5.41) is 0. The number of carbonyl (C=O) groups is 1. The second-order valence-electron chi connectivity index (χ2n) is 5.86. The highest BCUT2D eigenvalue weighted by molar-refractivity contribution is 5.97. The molecule has 0 N–H and O–H groups in total. The van der Waals surface area contributed by atoms with Crippen molar-refractivity contribution in [1.29, 1.82) is 0 Å². The molecule has 2 rings (SSSR count). The number of halogens is 1. The van der Waals surface area contributed by atoms with Crippen molar-refractivity contribution in [2.24, 2.45) is 5.92 Å². The van der Waals surface area contributed by atoms with Crippen LogP contribution in [0.15, 0.2) is 12.1 Å². The van der Waals surface area contributed by atoms with Crippen LogP contribution in [-0.2, 0) is 9.47 Å². The predicted octanol–water partition coefficient (Wildman–Crippen LogP) is 3.89. The monoisotopic (exact) mass is 324 g/mol. The normalized spacial score (nSPS) is 21.2. The summed E-state index contributed by atoms with van der Waals surface area (Å²) >= 11 is 0. The van der Waals surface area contributed by atoms with Gasteiger partial charge in [0.1, 0.15) is 0 Å². The second-order valence-corrected chi connectivity index (χ2v) is 5.86. The molecule has 0 aliphatic carbocycles. The number of Topliss-reactive ketones (excluding diaryl/α,β-unsaturated/α-hetero) is 1. The van der Waals surface area contributed by atoms with Crippen LogP contribution in [0.5, 0.6) is 5.75 Å². The molecular formula is C18H25FO4. The number of ketones is 1. The minimum Gasteiger partial charge on any atom is -0.491 e. The molecule has 0 radical (unpaired) electrons. The van der Waals surface area contributed by atoms with Gasteiger partial charge in [-0.1, -0.05) is 13.3 Å². The van der Waals surface area contributed by atoms with E-state index in [0.717, 1.165) is 12.8 Å². The van der Waals surface area contributed by atoms with Crippen LogP contribution in [0.1, 0.15) is 49.0 Å². The first kappa shape index (κ1) is 17.9. The molecule has 0 amide bonds. The molecule has 1 aromatic rings. The standard InChI is InChI=1S/C18H25FO4/c1-4-6-13-10-22-17(23-11-13)9-15(20)14-7-8-16(21-5-2)18(19)12(14)3/h7-8,13,17H,4-6,9-11H2,1-3H3. The molecule has 1 aliphatic heterocycles. The first-order chi connectivity index (χ1) is 11.1. The molecule has 0 saturated carbocycles. The SMILES string of the molecule is CCCC1COC(CC(=O)c2ccc(OCC)c(F)c2C)OC1. The Morgan fingerprint density at radius 1 is 1.30 bits per heavy atom. The lowest BCUT2D eigenvalue weighted by atomic mass is 10.0. The first-order valence-corrected chi connectivity index (χ1v) is 8.25. The van der Waals surface area contributed by atoms with Crippen LogP contribution in [0.2, 0.25) is 0 Å². The lowest BCUT2D eigenvalue weighted by Gasteiger charge is -2.29. The summed E-state index contributed by atoms with van der Waals surface area (Å²) in [4.78, 5) is 12.4. The molecule has 0 bridgehead atoms. The Bertz CT molecular complexity index is 536. The average molecular weight is 324 g/mol. The Morgan fingerprint density at radius 2 is 2.00 bits per heavy atom. The fraction of sp³-hybridized carbons (Fsp3) is 0.611. The van der Waals surface area contributed by atoms with E-state index in [9.17, 15) is 9.18 Å². The smallest absolute Gasteiger partial charge is 0.168 e. The number of hydrogen-bond donors (Lipinski definition) is 0. The molecule has 4 nitrogen and oxygen atoms in total. The third-order valence-corrected chi connectivity index (χ3v) is 4.04. The lowest BCUT2D eigenvalue weighted by molar-refractivity contribution is -0.198.